The summed E-state index contributed by atoms with van der Waals surface area (Å²) in [4.78, 5) is 16.3. The third-order valence-corrected chi connectivity index (χ3v) is 1.02. The molecule has 0 radical (unpaired) electrons. The van der Waals surface area contributed by atoms with Crippen molar-refractivity contribution < 1.29 is 14.0 Å². The lowest BCUT2D eigenvalue weighted by molar-refractivity contribution is -0.138. The molecule has 1 heterocycles. The number of carboxylic acid groups (broad SMARTS) is 1. The summed E-state index contributed by atoms with van der Waals surface area (Å²) in [5.74, 6) is -1.47. The van der Waals surface area contributed by atoms with Crippen molar-refractivity contribution in [2.45, 2.75) is 12.4 Å². The van der Waals surface area contributed by atoms with Crippen molar-refractivity contribution in [1.82, 2.24) is 9.97 Å². The SMILES string of the molecule is [2H]c1[15n]c[15nH]c1C([2H])([2H])[C@H](N)C(=O)O. The van der Waals surface area contributed by atoms with E-state index in [-0.39, 0.29) is 11.9 Å². The second-order valence-electron chi connectivity index (χ2n) is 1.85. The van der Waals surface area contributed by atoms with Crippen LogP contribution in [0.3, 0.4) is 0 Å². The van der Waals surface area contributed by atoms with Crippen LogP contribution in [0.1, 0.15) is 9.81 Å². The average molecular weight is 160 g/mol. The van der Waals surface area contributed by atoms with Gasteiger partial charge in [0, 0.05) is 21.0 Å². The van der Waals surface area contributed by atoms with E-state index < -0.39 is 18.4 Å². The molecule has 11 heavy (non-hydrogen) atoms. The molecular weight excluding hydrogens is 148 g/mol. The van der Waals surface area contributed by atoms with Crippen molar-refractivity contribution >= 4 is 5.97 Å². The number of carbonyl (C=O) groups is 1. The number of rotatable bonds is 3. The predicted octanol–water partition coefficient (Wildman–Crippen LogP) is -0.636. The van der Waals surface area contributed by atoms with Gasteiger partial charge >= 0.3 is 5.97 Å². The standard InChI is InChI=1S/C6H9N3O2/c7-5(6(10)11)1-4-2-8-3-9-4/h2-3,5H,1,7H2,(H,8,9)(H,10,11)/t5-/m0/s1/i1D2,2D,8+1,9+1. The quantitative estimate of drug-likeness (QED) is 0.548. The first-order chi connectivity index (χ1) is 6.37. The number of carboxylic acids is 1. The number of aromatic nitrogens is 2. The summed E-state index contributed by atoms with van der Waals surface area (Å²) in [6, 6.07) is -1.73. The molecule has 60 valence electrons. The summed E-state index contributed by atoms with van der Waals surface area (Å²) < 4.78 is 22.1. The number of nitrogens with two attached hydrogens (primary N) is 1. The maximum Gasteiger partial charge on any atom is 0.320 e. The van der Waals surface area contributed by atoms with Gasteiger partial charge in [0.15, 0.2) is 0 Å². The fourth-order valence-corrected chi connectivity index (χ4v) is 0.517. The minimum atomic E-state index is -2.33. The molecule has 0 unspecified atom stereocenters. The molecule has 0 aliphatic heterocycles. The third kappa shape index (κ3) is 2.05. The highest BCUT2D eigenvalue weighted by molar-refractivity contribution is 5.73. The topological polar surface area (TPSA) is 92.0 Å². The van der Waals surface area contributed by atoms with Crippen molar-refractivity contribution in [2.75, 3.05) is 0 Å². The largest absolute Gasteiger partial charge is 0.480 e. The molecule has 0 saturated carbocycles. The molecule has 0 spiro atoms. The Hall–Kier alpha value is -1.36. The van der Waals surface area contributed by atoms with Crippen molar-refractivity contribution in [1.29, 1.82) is 0 Å². The van der Waals surface area contributed by atoms with Crippen LogP contribution in [0.4, 0.5) is 0 Å². The van der Waals surface area contributed by atoms with Crippen LogP contribution in [-0.2, 0) is 11.2 Å². The zero-order valence-corrected chi connectivity index (χ0v) is 5.53. The summed E-state index contributed by atoms with van der Waals surface area (Å²) in [5.41, 5.74) is 4.92. The molecule has 0 aromatic carbocycles. The van der Waals surface area contributed by atoms with Gasteiger partial charge in [-0.15, -0.1) is 0 Å². The summed E-state index contributed by atoms with van der Waals surface area (Å²) >= 11 is 0. The average Bonchev–Trinajstić information content (AvgIpc) is 2.50. The van der Waals surface area contributed by atoms with Gasteiger partial charge < -0.3 is 15.8 Å². The van der Waals surface area contributed by atoms with Crippen LogP contribution in [0.5, 0.6) is 0 Å². The monoisotopic (exact) mass is 160 g/mol. The highest BCUT2D eigenvalue weighted by Gasteiger charge is 2.11. The molecule has 4 N–H and O–H groups in total. The molecule has 5 nitrogen and oxygen atoms in total. The fourth-order valence-electron chi connectivity index (χ4n) is 0.517. The number of imidazole rings is 1. The van der Waals surface area contributed by atoms with Gasteiger partial charge in [-0.25, -0.2) is 4.98 Å². The zero-order chi connectivity index (χ0) is 10.9. The number of hydrogen-bond donors (Lipinski definition) is 3. The Morgan fingerprint density at radius 3 is 3.36 bits per heavy atom. The van der Waals surface area contributed by atoms with Gasteiger partial charge in [-0.3, -0.25) is 4.79 Å². The minimum absolute atomic E-state index is 0.229. The van der Waals surface area contributed by atoms with E-state index >= 15 is 0 Å². The van der Waals surface area contributed by atoms with E-state index in [1.54, 1.807) is 0 Å². The Bertz CT molecular complexity index is 352. The first kappa shape index (κ1) is 4.50. The molecule has 1 aromatic heterocycles. The van der Waals surface area contributed by atoms with Crippen LogP contribution in [0.2, 0.25) is 0 Å². The van der Waals surface area contributed by atoms with Crippen LogP contribution < -0.4 is 5.73 Å². The van der Waals surface area contributed by atoms with Crippen molar-refractivity contribution in [3.05, 3.63) is 18.2 Å². The lowest BCUT2D eigenvalue weighted by Gasteiger charge is -2.02. The molecule has 0 saturated heterocycles. The Morgan fingerprint density at radius 1 is 2.18 bits per heavy atom. The molecule has 1 aromatic rings. The number of nitrogens with one attached hydrogen (secondary N) is 1. The Morgan fingerprint density at radius 2 is 2.91 bits per heavy atom. The molecular formula is C6H9N3O2. The van der Waals surface area contributed by atoms with E-state index in [0.29, 0.717) is 0 Å². The van der Waals surface area contributed by atoms with Crippen molar-refractivity contribution in [2.24, 2.45) is 5.73 Å². The normalized spacial score (nSPS) is 18.1. The summed E-state index contributed by atoms with van der Waals surface area (Å²) in [5, 5.41) is 8.55. The number of nitrogens with zero attached hydrogens (tertiary/aromatic N) is 1. The van der Waals surface area contributed by atoms with Crippen molar-refractivity contribution in [3.63, 3.8) is 0 Å². The molecule has 0 aliphatic carbocycles. The first-order valence-corrected chi connectivity index (χ1v) is 2.86. The highest BCUT2D eigenvalue weighted by atomic mass is 16.4. The smallest absolute Gasteiger partial charge is 0.320 e. The molecule has 1 atom stereocenters. The predicted molar refractivity (Wildman–Crippen MR) is 37.9 cm³/mol. The van der Waals surface area contributed by atoms with Gasteiger partial charge in [0.05, 0.1) is 7.70 Å². The number of aromatic amines is 1. The number of hydrogen-bond acceptors (Lipinski definition) is 3. The second kappa shape index (κ2) is 3.16. The van der Waals surface area contributed by atoms with Crippen molar-refractivity contribution in [3.8, 4) is 0 Å². The third-order valence-electron chi connectivity index (χ3n) is 1.02. The lowest BCUT2D eigenvalue weighted by atomic mass is 10.2. The Labute approximate surface area is 67.5 Å². The highest BCUT2D eigenvalue weighted by Crippen LogP contribution is 1.95. The van der Waals surface area contributed by atoms with E-state index in [9.17, 15) is 4.79 Å². The van der Waals surface area contributed by atoms with Gasteiger partial charge in [0.25, 0.3) is 0 Å². The molecule has 0 fully saturated rings. The maximum atomic E-state index is 10.5. The van der Waals surface area contributed by atoms with Crippen LogP contribution in [0.15, 0.2) is 12.5 Å². The molecule has 0 bridgehead atoms. The molecule has 1 rings (SSSR count). The van der Waals surface area contributed by atoms with E-state index in [2.05, 4.69) is 9.97 Å². The second-order valence-corrected chi connectivity index (χ2v) is 1.85. The number of H-pyrrole nitrogens is 1. The first-order valence-electron chi connectivity index (χ1n) is 4.36. The summed E-state index contributed by atoms with van der Waals surface area (Å²) in [6.45, 7) is 0. The van der Waals surface area contributed by atoms with E-state index in [1.165, 1.54) is 0 Å². The van der Waals surface area contributed by atoms with E-state index in [0.717, 1.165) is 6.33 Å². The van der Waals surface area contributed by atoms with Gasteiger partial charge in [0.1, 0.15) is 6.04 Å². The minimum Gasteiger partial charge on any atom is -0.480 e. The Kier molecular flexibility index (Phi) is 1.29. The number of aliphatic carboxylic acids is 1. The summed E-state index contributed by atoms with van der Waals surface area (Å²) in [6.07, 6.45) is -1.56. The van der Waals surface area contributed by atoms with Crippen LogP contribution in [-0.4, -0.2) is 27.1 Å². The van der Waals surface area contributed by atoms with E-state index in [4.69, 9.17) is 15.0 Å². The molecule has 0 aliphatic rings. The van der Waals surface area contributed by atoms with Crippen LogP contribution >= 0.6 is 0 Å². The van der Waals surface area contributed by atoms with Crippen LogP contribution in [0.25, 0.3) is 0 Å². The Balaban J connectivity index is 3.07. The van der Waals surface area contributed by atoms with Gasteiger partial charge in [-0.05, 0) is 0 Å². The van der Waals surface area contributed by atoms with Gasteiger partial charge in [-0.2, -0.15) is 0 Å². The van der Waals surface area contributed by atoms with Crippen LogP contribution in [0, 0.1) is 0 Å². The zero-order valence-electron chi connectivity index (χ0n) is 8.53. The fraction of sp³-hybridized carbons (Fsp3) is 0.333. The molecule has 5 heteroatoms. The summed E-state index contributed by atoms with van der Waals surface area (Å²) in [7, 11) is 0. The molecule has 0 amide bonds. The van der Waals surface area contributed by atoms with Gasteiger partial charge in [0.2, 0.25) is 0 Å². The van der Waals surface area contributed by atoms with Gasteiger partial charge in [-0.1, -0.05) is 0 Å². The lowest BCUT2D eigenvalue weighted by Crippen LogP contribution is -2.32. The maximum absolute atomic E-state index is 10.5. The van der Waals surface area contributed by atoms with E-state index in [1.807, 2.05) is 0 Å².